The van der Waals surface area contributed by atoms with Crippen LogP contribution in [-0.4, -0.2) is 18.6 Å². The summed E-state index contributed by atoms with van der Waals surface area (Å²) in [4.78, 5) is 0. The number of anilines is 1. The second kappa shape index (κ2) is 6.60. The van der Waals surface area contributed by atoms with Crippen molar-refractivity contribution in [3.05, 3.63) is 28.8 Å². The minimum atomic E-state index is 0.631. The summed E-state index contributed by atoms with van der Waals surface area (Å²) in [6.45, 7) is 0.884. The Morgan fingerprint density at radius 3 is 3.00 bits per heavy atom. The van der Waals surface area contributed by atoms with Crippen molar-refractivity contribution in [2.24, 2.45) is 0 Å². The van der Waals surface area contributed by atoms with Crippen molar-refractivity contribution < 1.29 is 0 Å². The summed E-state index contributed by atoms with van der Waals surface area (Å²) < 4.78 is 0. The molecule has 2 nitrogen and oxygen atoms in total. The highest BCUT2D eigenvalue weighted by molar-refractivity contribution is 7.98. The van der Waals surface area contributed by atoms with Gasteiger partial charge in [-0.25, -0.2) is 0 Å². The topological polar surface area (TPSA) is 35.8 Å². The summed E-state index contributed by atoms with van der Waals surface area (Å²) in [6, 6.07) is 7.34. The van der Waals surface area contributed by atoms with Gasteiger partial charge in [0.1, 0.15) is 0 Å². The van der Waals surface area contributed by atoms with Gasteiger partial charge >= 0.3 is 0 Å². The van der Waals surface area contributed by atoms with E-state index in [1.807, 2.05) is 11.8 Å². The minimum absolute atomic E-state index is 0.631. The number of hydrogen-bond acceptors (Lipinski definition) is 3. The Morgan fingerprint density at radius 2 is 2.33 bits per heavy atom. The maximum absolute atomic E-state index is 8.74. The molecule has 0 aromatic heterocycles. The van der Waals surface area contributed by atoms with E-state index >= 15 is 0 Å². The molecule has 0 radical (unpaired) electrons. The summed E-state index contributed by atoms with van der Waals surface area (Å²) in [7, 11) is 0. The zero-order valence-corrected chi connectivity index (χ0v) is 10.2. The van der Waals surface area contributed by atoms with E-state index in [2.05, 4.69) is 17.6 Å². The van der Waals surface area contributed by atoms with Crippen LogP contribution < -0.4 is 5.32 Å². The molecule has 1 N–H and O–H groups in total. The standard InChI is InChI=1S/C11H13ClN2S/c1-15-6-2-5-14-11-7-9(8-13)3-4-10(11)12/h3-4,7,14H,2,5-6H2,1H3. The molecule has 0 aliphatic carbocycles. The van der Waals surface area contributed by atoms with Crippen LogP contribution in [0.1, 0.15) is 12.0 Å². The minimum Gasteiger partial charge on any atom is -0.384 e. The van der Waals surface area contributed by atoms with Crippen molar-refractivity contribution in [1.82, 2.24) is 0 Å². The molecule has 0 amide bonds. The van der Waals surface area contributed by atoms with Crippen molar-refractivity contribution in [3.8, 4) is 6.07 Å². The Hall–Kier alpha value is -0.850. The monoisotopic (exact) mass is 240 g/mol. The van der Waals surface area contributed by atoms with Gasteiger partial charge in [-0.05, 0) is 36.6 Å². The normalized spacial score (nSPS) is 9.67. The van der Waals surface area contributed by atoms with Crippen LogP contribution in [0.4, 0.5) is 5.69 Å². The van der Waals surface area contributed by atoms with E-state index in [1.54, 1.807) is 18.2 Å². The fourth-order valence-electron chi connectivity index (χ4n) is 1.17. The molecule has 4 heteroatoms. The largest absolute Gasteiger partial charge is 0.384 e. The first-order chi connectivity index (χ1) is 7.27. The maximum atomic E-state index is 8.74. The molecule has 0 saturated carbocycles. The maximum Gasteiger partial charge on any atom is 0.0992 e. The predicted octanol–water partition coefficient (Wildman–Crippen LogP) is 3.38. The van der Waals surface area contributed by atoms with Gasteiger partial charge in [-0.1, -0.05) is 11.6 Å². The Balaban J connectivity index is 2.56. The number of hydrogen-bond donors (Lipinski definition) is 1. The van der Waals surface area contributed by atoms with Crippen LogP contribution in [0.15, 0.2) is 18.2 Å². The molecular formula is C11H13ClN2S. The molecule has 0 aliphatic rings. The zero-order chi connectivity index (χ0) is 11.1. The SMILES string of the molecule is CSCCCNc1cc(C#N)ccc1Cl. The molecule has 1 rings (SSSR count). The summed E-state index contributed by atoms with van der Waals surface area (Å²) in [6.07, 6.45) is 3.18. The van der Waals surface area contributed by atoms with Gasteiger partial charge in [0.25, 0.3) is 0 Å². The number of thioether (sulfide) groups is 1. The average molecular weight is 241 g/mol. The van der Waals surface area contributed by atoms with Crippen LogP contribution >= 0.6 is 23.4 Å². The van der Waals surface area contributed by atoms with E-state index in [1.165, 1.54) is 0 Å². The summed E-state index contributed by atoms with van der Waals surface area (Å²) in [5, 5.41) is 12.6. The third kappa shape index (κ3) is 4.03. The van der Waals surface area contributed by atoms with Gasteiger partial charge < -0.3 is 5.32 Å². The first-order valence-electron chi connectivity index (χ1n) is 4.70. The molecule has 0 heterocycles. The predicted molar refractivity (Wildman–Crippen MR) is 67.7 cm³/mol. The highest BCUT2D eigenvalue weighted by atomic mass is 35.5. The summed E-state index contributed by atoms with van der Waals surface area (Å²) in [5.74, 6) is 1.13. The molecule has 0 aliphatic heterocycles. The van der Waals surface area contributed by atoms with E-state index < -0.39 is 0 Å². The lowest BCUT2D eigenvalue weighted by Crippen LogP contribution is -2.03. The summed E-state index contributed by atoms with van der Waals surface area (Å²) in [5.41, 5.74) is 1.48. The fraction of sp³-hybridized carbons (Fsp3) is 0.364. The molecule has 0 saturated heterocycles. The van der Waals surface area contributed by atoms with Crippen LogP contribution in [0.25, 0.3) is 0 Å². The van der Waals surface area contributed by atoms with Crippen LogP contribution in [0, 0.1) is 11.3 Å². The molecule has 0 unspecified atom stereocenters. The van der Waals surface area contributed by atoms with E-state index in [0.29, 0.717) is 10.6 Å². The number of nitriles is 1. The molecule has 15 heavy (non-hydrogen) atoms. The summed E-state index contributed by atoms with van der Waals surface area (Å²) >= 11 is 7.81. The smallest absolute Gasteiger partial charge is 0.0992 e. The Morgan fingerprint density at radius 1 is 1.53 bits per heavy atom. The van der Waals surface area contributed by atoms with Crippen LogP contribution in [0.5, 0.6) is 0 Å². The van der Waals surface area contributed by atoms with Gasteiger partial charge in [0.2, 0.25) is 0 Å². The van der Waals surface area contributed by atoms with Crippen LogP contribution in [0.2, 0.25) is 5.02 Å². The van der Waals surface area contributed by atoms with Crippen molar-refractivity contribution >= 4 is 29.1 Å². The van der Waals surface area contributed by atoms with E-state index in [-0.39, 0.29) is 0 Å². The third-order valence-electron chi connectivity index (χ3n) is 1.94. The van der Waals surface area contributed by atoms with Gasteiger partial charge in [-0.2, -0.15) is 17.0 Å². The second-order valence-corrected chi connectivity index (χ2v) is 4.47. The van der Waals surface area contributed by atoms with Crippen molar-refractivity contribution in [2.75, 3.05) is 23.9 Å². The molecule has 0 bridgehead atoms. The third-order valence-corrected chi connectivity index (χ3v) is 2.96. The quantitative estimate of drug-likeness (QED) is 0.802. The first kappa shape index (κ1) is 12.2. The lowest BCUT2D eigenvalue weighted by atomic mass is 10.2. The average Bonchev–Trinajstić information content (AvgIpc) is 2.26. The van der Waals surface area contributed by atoms with Crippen molar-refractivity contribution in [1.29, 1.82) is 5.26 Å². The van der Waals surface area contributed by atoms with Gasteiger partial charge in [0, 0.05) is 6.54 Å². The number of benzene rings is 1. The number of halogens is 1. The van der Waals surface area contributed by atoms with Crippen LogP contribution in [0.3, 0.4) is 0 Å². The molecule has 0 spiro atoms. The van der Waals surface area contributed by atoms with E-state index in [4.69, 9.17) is 16.9 Å². The second-order valence-electron chi connectivity index (χ2n) is 3.08. The van der Waals surface area contributed by atoms with Crippen LogP contribution in [-0.2, 0) is 0 Å². The molecule has 0 atom stereocenters. The molecular weight excluding hydrogens is 228 g/mol. The molecule has 1 aromatic rings. The fourth-order valence-corrected chi connectivity index (χ4v) is 1.79. The number of nitrogens with one attached hydrogen (secondary N) is 1. The molecule has 80 valence electrons. The van der Waals surface area contributed by atoms with Gasteiger partial charge in [-0.15, -0.1) is 0 Å². The first-order valence-corrected chi connectivity index (χ1v) is 6.47. The highest BCUT2D eigenvalue weighted by Gasteiger charge is 2.00. The van der Waals surface area contributed by atoms with Gasteiger partial charge in [0.15, 0.2) is 0 Å². The number of nitrogens with zero attached hydrogens (tertiary/aromatic N) is 1. The molecule has 0 fully saturated rings. The van der Waals surface area contributed by atoms with Crippen molar-refractivity contribution in [2.45, 2.75) is 6.42 Å². The van der Waals surface area contributed by atoms with Gasteiger partial charge in [0.05, 0.1) is 22.3 Å². The highest BCUT2D eigenvalue weighted by Crippen LogP contribution is 2.22. The number of rotatable bonds is 5. The lowest BCUT2D eigenvalue weighted by Gasteiger charge is -2.07. The van der Waals surface area contributed by atoms with E-state index in [9.17, 15) is 0 Å². The lowest BCUT2D eigenvalue weighted by molar-refractivity contribution is 0.993. The molecule has 1 aromatic carbocycles. The van der Waals surface area contributed by atoms with Gasteiger partial charge in [-0.3, -0.25) is 0 Å². The Kier molecular flexibility index (Phi) is 5.38. The Bertz CT molecular complexity index is 360. The zero-order valence-electron chi connectivity index (χ0n) is 8.59. The van der Waals surface area contributed by atoms with E-state index in [0.717, 1.165) is 24.4 Å². The Labute approximate surface area is 99.6 Å². The van der Waals surface area contributed by atoms with Crippen molar-refractivity contribution in [3.63, 3.8) is 0 Å².